The van der Waals surface area contributed by atoms with E-state index in [1.54, 1.807) is 33.1 Å². The Kier molecular flexibility index (Phi) is 7.38. The third-order valence-electron chi connectivity index (χ3n) is 4.09. The maximum absolute atomic E-state index is 11.2. The molecule has 1 N–H and O–H groups in total. The van der Waals surface area contributed by atoms with Crippen LogP contribution in [0.2, 0.25) is 0 Å². The van der Waals surface area contributed by atoms with Crippen LogP contribution in [-0.4, -0.2) is 31.1 Å². The van der Waals surface area contributed by atoms with E-state index >= 15 is 0 Å². The van der Waals surface area contributed by atoms with Crippen molar-refractivity contribution in [3.8, 4) is 11.5 Å². The highest BCUT2D eigenvalue weighted by atomic mass is 16.5. The lowest BCUT2D eigenvalue weighted by molar-refractivity contribution is 0.0695. The summed E-state index contributed by atoms with van der Waals surface area (Å²) in [6.07, 6.45) is 0. The van der Waals surface area contributed by atoms with Gasteiger partial charge in [0.25, 0.3) is 0 Å². The number of carboxylic acid groups (broad SMARTS) is 1. The van der Waals surface area contributed by atoms with Crippen LogP contribution in [0, 0.1) is 27.7 Å². The number of hydrogen-bond donors (Lipinski definition) is 1. The van der Waals surface area contributed by atoms with Gasteiger partial charge in [-0.3, -0.25) is 4.79 Å². The average Bonchev–Trinajstić information content (AvgIpc) is 2.55. The Labute approximate surface area is 154 Å². The number of Topliss-reactive ketones (excluding diaryl/α,β-unsaturated/α-hetero) is 1. The van der Waals surface area contributed by atoms with Crippen LogP contribution < -0.4 is 9.47 Å². The summed E-state index contributed by atoms with van der Waals surface area (Å²) in [5.41, 5.74) is 4.80. The molecule has 2 aromatic rings. The number of ether oxygens (including phenoxy) is 2. The Bertz CT molecular complexity index is 752. The Hall–Kier alpha value is -2.82. The molecule has 0 aliphatic heterocycles. The van der Waals surface area contributed by atoms with Crippen LogP contribution in [-0.2, 0) is 0 Å². The fourth-order valence-corrected chi connectivity index (χ4v) is 2.71. The molecule has 0 amide bonds. The van der Waals surface area contributed by atoms with Crippen LogP contribution in [0.15, 0.2) is 24.3 Å². The smallest absolute Gasteiger partial charge is 0.336 e. The normalized spacial score (nSPS) is 9.81. The molecule has 0 aromatic heterocycles. The predicted molar refractivity (Wildman–Crippen MR) is 102 cm³/mol. The summed E-state index contributed by atoms with van der Waals surface area (Å²) in [6.45, 7) is 9.13. The quantitative estimate of drug-likeness (QED) is 0.813. The van der Waals surface area contributed by atoms with E-state index < -0.39 is 5.97 Å². The third kappa shape index (κ3) is 5.09. The molecule has 0 radical (unpaired) electrons. The Morgan fingerprint density at radius 1 is 0.731 bits per heavy atom. The summed E-state index contributed by atoms with van der Waals surface area (Å²) in [5.74, 6) is 0.547. The zero-order valence-electron chi connectivity index (χ0n) is 16.4. The minimum Gasteiger partial charge on any atom is -0.496 e. The molecule has 0 aliphatic carbocycles. The van der Waals surface area contributed by atoms with Crippen molar-refractivity contribution in [3.63, 3.8) is 0 Å². The van der Waals surface area contributed by atoms with Gasteiger partial charge in [0.2, 0.25) is 0 Å². The highest BCUT2D eigenvalue weighted by Gasteiger charge is 2.10. The van der Waals surface area contributed by atoms with Crippen molar-refractivity contribution in [1.29, 1.82) is 0 Å². The molecular formula is C21H26O5. The molecule has 5 nitrogen and oxygen atoms in total. The van der Waals surface area contributed by atoms with E-state index in [1.165, 1.54) is 7.11 Å². The number of aromatic carboxylic acids is 1. The van der Waals surface area contributed by atoms with Gasteiger partial charge in [0.05, 0.1) is 19.8 Å². The first-order valence-corrected chi connectivity index (χ1v) is 8.17. The minimum atomic E-state index is -0.921. The zero-order chi connectivity index (χ0) is 20.0. The lowest BCUT2D eigenvalue weighted by Crippen LogP contribution is -2.01. The number of aryl methyl sites for hydroxylation is 4. The second-order valence-corrected chi connectivity index (χ2v) is 6.13. The highest BCUT2D eigenvalue weighted by Crippen LogP contribution is 2.23. The molecule has 0 fully saturated rings. The van der Waals surface area contributed by atoms with Gasteiger partial charge in [-0.2, -0.15) is 0 Å². The number of ketones is 1. The zero-order valence-corrected chi connectivity index (χ0v) is 16.4. The molecule has 140 valence electrons. The van der Waals surface area contributed by atoms with E-state index in [0.717, 1.165) is 33.6 Å². The van der Waals surface area contributed by atoms with Crippen LogP contribution in [0.1, 0.15) is 49.9 Å². The van der Waals surface area contributed by atoms with Crippen LogP contribution >= 0.6 is 0 Å². The molecule has 0 unspecified atom stereocenters. The van der Waals surface area contributed by atoms with Gasteiger partial charge in [-0.25, -0.2) is 4.79 Å². The molecule has 0 saturated heterocycles. The van der Waals surface area contributed by atoms with E-state index in [0.29, 0.717) is 11.3 Å². The molecule has 0 atom stereocenters. The Balaban J connectivity index is 0.000000260. The van der Waals surface area contributed by atoms with E-state index in [2.05, 4.69) is 0 Å². The molecule has 0 bridgehead atoms. The monoisotopic (exact) mass is 358 g/mol. The molecule has 0 aliphatic rings. The summed E-state index contributed by atoms with van der Waals surface area (Å²) in [6, 6.07) is 7.12. The van der Waals surface area contributed by atoms with Gasteiger partial charge in [-0.1, -0.05) is 12.1 Å². The van der Waals surface area contributed by atoms with Crippen molar-refractivity contribution in [1.82, 2.24) is 0 Å². The molecule has 0 saturated carbocycles. The van der Waals surface area contributed by atoms with Crippen LogP contribution in [0.25, 0.3) is 0 Å². The van der Waals surface area contributed by atoms with Crippen molar-refractivity contribution in [2.45, 2.75) is 34.6 Å². The summed E-state index contributed by atoms with van der Waals surface area (Å²) in [4.78, 5) is 21.9. The van der Waals surface area contributed by atoms with Crippen molar-refractivity contribution in [2.24, 2.45) is 0 Å². The summed E-state index contributed by atoms with van der Waals surface area (Å²) >= 11 is 0. The first-order chi connectivity index (χ1) is 12.1. The lowest BCUT2D eigenvalue weighted by Gasteiger charge is -2.08. The van der Waals surface area contributed by atoms with E-state index in [4.69, 9.17) is 14.6 Å². The van der Waals surface area contributed by atoms with Crippen molar-refractivity contribution in [2.75, 3.05) is 14.2 Å². The predicted octanol–water partition coefficient (Wildman–Crippen LogP) is 4.52. The van der Waals surface area contributed by atoms with Gasteiger partial charge in [-0.15, -0.1) is 0 Å². The molecule has 2 rings (SSSR count). The lowest BCUT2D eigenvalue weighted by atomic mass is 10.0. The molecule has 2 aromatic carbocycles. The van der Waals surface area contributed by atoms with Crippen LogP contribution in [0.3, 0.4) is 0 Å². The second kappa shape index (κ2) is 9.04. The first kappa shape index (κ1) is 21.2. The topological polar surface area (TPSA) is 72.8 Å². The maximum Gasteiger partial charge on any atom is 0.336 e. The molecule has 0 spiro atoms. The first-order valence-electron chi connectivity index (χ1n) is 8.17. The number of hydrogen-bond acceptors (Lipinski definition) is 4. The molecule has 26 heavy (non-hydrogen) atoms. The largest absolute Gasteiger partial charge is 0.496 e. The highest BCUT2D eigenvalue weighted by molar-refractivity contribution is 5.96. The summed E-state index contributed by atoms with van der Waals surface area (Å²) < 4.78 is 10.2. The summed E-state index contributed by atoms with van der Waals surface area (Å²) in [5, 5.41) is 8.82. The number of carbonyl (C=O) groups excluding carboxylic acids is 1. The fourth-order valence-electron chi connectivity index (χ4n) is 2.71. The molecule has 5 heteroatoms. The van der Waals surface area contributed by atoms with Crippen molar-refractivity contribution >= 4 is 11.8 Å². The van der Waals surface area contributed by atoms with Crippen LogP contribution in [0.5, 0.6) is 11.5 Å². The van der Waals surface area contributed by atoms with Gasteiger partial charge in [-0.05, 0) is 69.0 Å². The number of methoxy groups -OCH3 is 2. The van der Waals surface area contributed by atoms with Gasteiger partial charge >= 0.3 is 5.97 Å². The maximum atomic E-state index is 11.2. The van der Waals surface area contributed by atoms with Crippen molar-refractivity contribution in [3.05, 3.63) is 57.6 Å². The number of carboxylic acids is 1. The molecular weight excluding hydrogens is 332 g/mol. The Morgan fingerprint density at radius 3 is 1.46 bits per heavy atom. The third-order valence-corrected chi connectivity index (χ3v) is 4.09. The summed E-state index contributed by atoms with van der Waals surface area (Å²) in [7, 11) is 3.14. The minimum absolute atomic E-state index is 0.0794. The van der Waals surface area contributed by atoms with Crippen LogP contribution in [0.4, 0.5) is 0 Å². The number of benzene rings is 2. The van der Waals surface area contributed by atoms with Gasteiger partial charge < -0.3 is 14.6 Å². The van der Waals surface area contributed by atoms with E-state index in [-0.39, 0.29) is 5.78 Å². The van der Waals surface area contributed by atoms with Gasteiger partial charge in [0.1, 0.15) is 11.5 Å². The van der Waals surface area contributed by atoms with E-state index in [9.17, 15) is 9.59 Å². The number of carbonyl (C=O) groups is 2. The SMILES string of the molecule is COc1cc(C(=O)O)c(C)cc1C.COc1cc(C(C)=O)c(C)cc1C. The fraction of sp³-hybridized carbons (Fsp3) is 0.333. The van der Waals surface area contributed by atoms with Gasteiger partial charge in [0, 0.05) is 5.56 Å². The second-order valence-electron chi connectivity index (χ2n) is 6.13. The number of rotatable bonds is 4. The Morgan fingerprint density at radius 2 is 1.12 bits per heavy atom. The molecule has 0 heterocycles. The van der Waals surface area contributed by atoms with Crippen molar-refractivity contribution < 1.29 is 24.2 Å². The van der Waals surface area contributed by atoms with E-state index in [1.807, 2.05) is 32.9 Å². The standard InChI is InChI=1S/C11H14O2.C10H12O3/c1-7-5-8(2)11(13-4)6-10(7)9(3)12;1-6-4-7(2)9(13-3)5-8(6)10(11)12/h5-6H,1-4H3;4-5H,1-3H3,(H,11,12). The average molecular weight is 358 g/mol. The van der Waals surface area contributed by atoms with Gasteiger partial charge in [0.15, 0.2) is 5.78 Å².